The second kappa shape index (κ2) is 3.54. The van der Waals surface area contributed by atoms with Crippen molar-refractivity contribution in [3.63, 3.8) is 0 Å². The van der Waals surface area contributed by atoms with Gasteiger partial charge in [0.2, 0.25) is 0 Å². The molecule has 3 heteroatoms. The summed E-state index contributed by atoms with van der Waals surface area (Å²) in [6.45, 7) is 3.79. The van der Waals surface area contributed by atoms with Gasteiger partial charge in [-0.25, -0.2) is 0 Å². The minimum Gasteiger partial charge on any atom is -0.295 e. The van der Waals surface area contributed by atoms with Gasteiger partial charge in [0.25, 0.3) is 0 Å². The van der Waals surface area contributed by atoms with Gasteiger partial charge < -0.3 is 0 Å². The summed E-state index contributed by atoms with van der Waals surface area (Å²) in [4.78, 5) is 11.2. The third kappa shape index (κ3) is 1.59. The molecule has 1 saturated heterocycles. The number of carbonyl (C=O) groups excluding carboxylic acids is 1. The standard InChI is InChI=1S/C10H12OS2/c1-2-8-7-9(11)3-4-10(8)12-5-6-13-10/h2,7H,1,3-6H2. The zero-order chi connectivity index (χ0) is 9.31. The van der Waals surface area contributed by atoms with E-state index in [1.807, 2.05) is 29.6 Å². The van der Waals surface area contributed by atoms with Gasteiger partial charge in [0.15, 0.2) is 5.78 Å². The highest BCUT2D eigenvalue weighted by Gasteiger charge is 2.40. The van der Waals surface area contributed by atoms with Crippen LogP contribution in [-0.4, -0.2) is 21.4 Å². The molecule has 1 spiro atoms. The molecule has 1 aliphatic heterocycles. The minimum atomic E-state index is 0.176. The molecule has 0 amide bonds. The molecule has 0 atom stereocenters. The summed E-state index contributed by atoms with van der Waals surface area (Å²) >= 11 is 3.94. The second-order valence-electron chi connectivity index (χ2n) is 3.22. The van der Waals surface area contributed by atoms with Crippen LogP contribution in [-0.2, 0) is 4.79 Å². The van der Waals surface area contributed by atoms with E-state index in [0.29, 0.717) is 6.42 Å². The lowest BCUT2D eigenvalue weighted by atomic mass is 9.97. The van der Waals surface area contributed by atoms with Crippen LogP contribution in [0.15, 0.2) is 24.3 Å². The summed E-state index contributed by atoms with van der Waals surface area (Å²) in [5.41, 5.74) is 1.14. The third-order valence-electron chi connectivity index (χ3n) is 2.43. The molecule has 2 rings (SSSR count). The van der Waals surface area contributed by atoms with Gasteiger partial charge in [-0.3, -0.25) is 4.79 Å². The molecule has 0 saturated carbocycles. The molecular formula is C10H12OS2. The molecule has 13 heavy (non-hydrogen) atoms. The molecule has 1 nitrogen and oxygen atoms in total. The molecule has 0 N–H and O–H groups in total. The van der Waals surface area contributed by atoms with E-state index in [2.05, 4.69) is 6.58 Å². The summed E-state index contributed by atoms with van der Waals surface area (Å²) in [6, 6.07) is 0. The lowest BCUT2D eigenvalue weighted by Gasteiger charge is -2.31. The van der Waals surface area contributed by atoms with Crippen molar-refractivity contribution in [3.05, 3.63) is 24.3 Å². The highest BCUT2D eigenvalue weighted by Crippen LogP contribution is 2.53. The quantitative estimate of drug-likeness (QED) is 0.665. The fourth-order valence-electron chi connectivity index (χ4n) is 1.77. The average Bonchev–Trinajstić information content (AvgIpc) is 2.59. The normalized spacial score (nSPS) is 26.2. The van der Waals surface area contributed by atoms with E-state index in [9.17, 15) is 4.79 Å². The van der Waals surface area contributed by atoms with E-state index < -0.39 is 0 Å². The first-order valence-electron chi connectivity index (χ1n) is 4.42. The highest BCUT2D eigenvalue weighted by atomic mass is 32.2. The van der Waals surface area contributed by atoms with E-state index in [0.717, 1.165) is 12.0 Å². The van der Waals surface area contributed by atoms with Crippen LogP contribution in [0.3, 0.4) is 0 Å². The lowest BCUT2D eigenvalue weighted by Crippen LogP contribution is -2.25. The number of rotatable bonds is 1. The van der Waals surface area contributed by atoms with Gasteiger partial charge in [0, 0.05) is 17.9 Å². The Morgan fingerprint density at radius 2 is 2.15 bits per heavy atom. The van der Waals surface area contributed by atoms with Crippen LogP contribution in [0.25, 0.3) is 0 Å². The van der Waals surface area contributed by atoms with Gasteiger partial charge in [-0.2, -0.15) is 0 Å². The maximum absolute atomic E-state index is 11.2. The Kier molecular flexibility index (Phi) is 2.56. The molecule has 0 radical (unpaired) electrons. The van der Waals surface area contributed by atoms with Crippen LogP contribution in [0, 0.1) is 0 Å². The average molecular weight is 212 g/mol. The van der Waals surface area contributed by atoms with Gasteiger partial charge in [-0.15, -0.1) is 23.5 Å². The Balaban J connectivity index is 2.33. The summed E-state index contributed by atoms with van der Waals surface area (Å²) < 4.78 is 0.176. The molecule has 0 aromatic rings. The number of carbonyl (C=O) groups is 1. The van der Waals surface area contributed by atoms with Gasteiger partial charge in [0.1, 0.15) is 0 Å². The van der Waals surface area contributed by atoms with Gasteiger partial charge in [0.05, 0.1) is 4.08 Å². The maximum Gasteiger partial charge on any atom is 0.156 e. The third-order valence-corrected chi connectivity index (χ3v) is 6.02. The lowest BCUT2D eigenvalue weighted by molar-refractivity contribution is -0.115. The smallest absolute Gasteiger partial charge is 0.156 e. The predicted octanol–water partition coefficient (Wildman–Crippen LogP) is 2.64. The molecule has 1 fully saturated rings. The van der Waals surface area contributed by atoms with Crippen LogP contribution >= 0.6 is 23.5 Å². The van der Waals surface area contributed by atoms with E-state index in [4.69, 9.17) is 0 Å². The van der Waals surface area contributed by atoms with Crippen LogP contribution in [0.1, 0.15) is 12.8 Å². The summed E-state index contributed by atoms with van der Waals surface area (Å²) in [5.74, 6) is 2.65. The Hall–Kier alpha value is -0.150. The maximum atomic E-state index is 11.2. The zero-order valence-electron chi connectivity index (χ0n) is 7.41. The molecule has 70 valence electrons. The van der Waals surface area contributed by atoms with Gasteiger partial charge in [-0.1, -0.05) is 12.7 Å². The summed E-state index contributed by atoms with van der Waals surface area (Å²) in [5, 5.41) is 0. The van der Waals surface area contributed by atoms with Crippen molar-refractivity contribution < 1.29 is 4.79 Å². The molecule has 0 bridgehead atoms. The SMILES string of the molecule is C=CC1=CC(=O)CCC12SCCS2. The summed E-state index contributed by atoms with van der Waals surface area (Å²) in [6.07, 6.45) is 5.32. The van der Waals surface area contributed by atoms with Crippen molar-refractivity contribution in [1.82, 2.24) is 0 Å². The van der Waals surface area contributed by atoms with Crippen molar-refractivity contribution in [2.45, 2.75) is 16.9 Å². The molecule has 1 heterocycles. The van der Waals surface area contributed by atoms with Crippen molar-refractivity contribution in [2.75, 3.05) is 11.5 Å². The Labute approximate surface area is 87.0 Å². The van der Waals surface area contributed by atoms with Crippen LogP contribution in [0.2, 0.25) is 0 Å². The van der Waals surface area contributed by atoms with E-state index in [1.165, 1.54) is 11.5 Å². The topological polar surface area (TPSA) is 17.1 Å². The molecule has 0 aromatic heterocycles. The fraction of sp³-hybridized carbons (Fsp3) is 0.500. The van der Waals surface area contributed by atoms with Crippen molar-refractivity contribution >= 4 is 29.3 Å². The highest BCUT2D eigenvalue weighted by molar-refractivity contribution is 8.21. The van der Waals surface area contributed by atoms with E-state index in [1.54, 1.807) is 6.08 Å². The first-order chi connectivity index (χ1) is 6.27. The predicted molar refractivity (Wildman–Crippen MR) is 60.2 cm³/mol. The number of ketones is 1. The van der Waals surface area contributed by atoms with Crippen LogP contribution < -0.4 is 0 Å². The molecular weight excluding hydrogens is 200 g/mol. The molecule has 2 aliphatic rings. The van der Waals surface area contributed by atoms with Crippen molar-refractivity contribution in [1.29, 1.82) is 0 Å². The Morgan fingerprint density at radius 3 is 2.77 bits per heavy atom. The molecule has 0 unspecified atom stereocenters. The summed E-state index contributed by atoms with van der Waals surface area (Å²) in [7, 11) is 0. The number of thioether (sulfide) groups is 2. The van der Waals surface area contributed by atoms with Gasteiger partial charge >= 0.3 is 0 Å². The largest absolute Gasteiger partial charge is 0.295 e. The molecule has 0 aromatic carbocycles. The van der Waals surface area contributed by atoms with Gasteiger partial charge in [-0.05, 0) is 18.1 Å². The monoisotopic (exact) mass is 212 g/mol. The first-order valence-corrected chi connectivity index (χ1v) is 6.39. The Bertz CT molecular complexity index is 275. The van der Waals surface area contributed by atoms with Crippen LogP contribution in [0.5, 0.6) is 0 Å². The molecule has 1 aliphatic carbocycles. The minimum absolute atomic E-state index is 0.176. The first kappa shape index (κ1) is 9.41. The van der Waals surface area contributed by atoms with Crippen molar-refractivity contribution in [3.8, 4) is 0 Å². The number of allylic oxidation sites excluding steroid dienone is 2. The van der Waals surface area contributed by atoms with Crippen LogP contribution in [0.4, 0.5) is 0 Å². The van der Waals surface area contributed by atoms with E-state index >= 15 is 0 Å². The van der Waals surface area contributed by atoms with Crippen molar-refractivity contribution in [2.24, 2.45) is 0 Å². The van der Waals surface area contributed by atoms with E-state index in [-0.39, 0.29) is 9.86 Å². The Morgan fingerprint density at radius 1 is 1.46 bits per heavy atom. The number of hydrogen-bond donors (Lipinski definition) is 0. The number of hydrogen-bond acceptors (Lipinski definition) is 3. The zero-order valence-corrected chi connectivity index (χ0v) is 9.05. The second-order valence-corrected chi connectivity index (χ2v) is 6.27. The fourth-order valence-corrected chi connectivity index (χ4v) is 5.04.